The molecule has 1 unspecified atom stereocenters. The molecule has 1 heterocycles. The van der Waals surface area contributed by atoms with Crippen LogP contribution < -0.4 is 20.3 Å². The lowest BCUT2D eigenvalue weighted by molar-refractivity contribution is -0.120. The van der Waals surface area contributed by atoms with Crippen LogP contribution in [0.5, 0.6) is 11.5 Å². The molecule has 0 fully saturated rings. The molecule has 0 aliphatic carbocycles. The van der Waals surface area contributed by atoms with Crippen molar-refractivity contribution in [2.45, 2.75) is 23.8 Å². The highest BCUT2D eigenvalue weighted by Crippen LogP contribution is 2.27. The molecule has 0 bridgehead atoms. The summed E-state index contributed by atoms with van der Waals surface area (Å²) in [6.45, 7) is 2.27. The van der Waals surface area contributed by atoms with E-state index in [0.717, 1.165) is 5.56 Å². The van der Waals surface area contributed by atoms with Gasteiger partial charge >= 0.3 is 0 Å². The number of carbonyl (C=O) groups is 1. The molecule has 2 rings (SSSR count). The van der Waals surface area contributed by atoms with Gasteiger partial charge in [0.1, 0.15) is 0 Å². The molecule has 8 heteroatoms. The third-order valence-electron chi connectivity index (χ3n) is 3.47. The number of hydrogen-bond acceptors (Lipinski definition) is 6. The molecule has 0 aliphatic heterocycles. The molecule has 1 aromatic heterocycles. The smallest absolute Gasteiger partial charge is 0.251 e. The van der Waals surface area contributed by atoms with Crippen LogP contribution >= 0.6 is 11.8 Å². The van der Waals surface area contributed by atoms with Crippen LogP contribution in [-0.2, 0) is 11.2 Å². The molecule has 1 aromatic carbocycles. The molecule has 0 saturated carbocycles. The molecule has 25 heavy (non-hydrogen) atoms. The molecule has 1 amide bonds. The summed E-state index contributed by atoms with van der Waals surface area (Å²) in [4.78, 5) is 30.0. The third-order valence-corrected chi connectivity index (χ3v) is 4.46. The van der Waals surface area contributed by atoms with Gasteiger partial charge in [0.25, 0.3) is 5.56 Å². The zero-order chi connectivity index (χ0) is 18.2. The van der Waals surface area contributed by atoms with Crippen LogP contribution in [0.4, 0.5) is 0 Å². The van der Waals surface area contributed by atoms with Crippen molar-refractivity contribution in [2.75, 3.05) is 20.8 Å². The number of methoxy groups -OCH3 is 2. The fourth-order valence-electron chi connectivity index (χ4n) is 2.14. The Hall–Kier alpha value is -2.48. The van der Waals surface area contributed by atoms with Crippen molar-refractivity contribution < 1.29 is 14.3 Å². The normalized spacial score (nSPS) is 11.6. The fraction of sp³-hybridized carbons (Fsp3) is 0.353. The van der Waals surface area contributed by atoms with Gasteiger partial charge in [-0.05, 0) is 31.0 Å². The molecular weight excluding hydrogens is 342 g/mol. The van der Waals surface area contributed by atoms with Crippen molar-refractivity contribution in [2.24, 2.45) is 0 Å². The molecule has 0 radical (unpaired) electrons. The fourth-order valence-corrected chi connectivity index (χ4v) is 2.95. The van der Waals surface area contributed by atoms with Crippen LogP contribution in [0.3, 0.4) is 0 Å². The second-order valence-corrected chi connectivity index (χ2v) is 6.56. The van der Waals surface area contributed by atoms with E-state index in [4.69, 9.17) is 9.47 Å². The maximum absolute atomic E-state index is 12.1. The predicted octanol–water partition coefficient (Wildman–Crippen LogP) is 1.63. The summed E-state index contributed by atoms with van der Waals surface area (Å²) in [5.74, 6) is 1.22. The Morgan fingerprint density at radius 3 is 2.72 bits per heavy atom. The van der Waals surface area contributed by atoms with Crippen LogP contribution in [0.25, 0.3) is 0 Å². The highest BCUT2D eigenvalue weighted by atomic mass is 32.2. The van der Waals surface area contributed by atoms with Gasteiger partial charge in [-0.2, -0.15) is 0 Å². The van der Waals surface area contributed by atoms with Crippen LogP contribution in [0.2, 0.25) is 0 Å². The molecular formula is C17H21N3O4S. The molecule has 7 nitrogen and oxygen atoms in total. The van der Waals surface area contributed by atoms with Crippen LogP contribution in [0, 0.1) is 0 Å². The van der Waals surface area contributed by atoms with E-state index in [0.29, 0.717) is 29.6 Å². The van der Waals surface area contributed by atoms with Crippen LogP contribution in [-0.4, -0.2) is 41.9 Å². The second-order valence-electron chi connectivity index (χ2n) is 5.23. The number of aromatic nitrogens is 2. The molecule has 134 valence electrons. The first kappa shape index (κ1) is 18.9. The summed E-state index contributed by atoms with van der Waals surface area (Å²) >= 11 is 1.21. The lowest BCUT2D eigenvalue weighted by atomic mass is 10.1. The second kappa shape index (κ2) is 9.12. The number of carbonyl (C=O) groups excluding carboxylic acids is 1. The quantitative estimate of drug-likeness (QED) is 0.547. The number of benzene rings is 1. The maximum atomic E-state index is 12.1. The van der Waals surface area contributed by atoms with Gasteiger partial charge in [0, 0.05) is 18.8 Å². The number of nitrogens with one attached hydrogen (secondary N) is 2. The lowest BCUT2D eigenvalue weighted by Crippen LogP contribution is -2.32. The van der Waals surface area contributed by atoms with Crippen molar-refractivity contribution in [3.8, 4) is 11.5 Å². The Balaban J connectivity index is 1.84. The third kappa shape index (κ3) is 5.53. The topological polar surface area (TPSA) is 93.3 Å². The summed E-state index contributed by atoms with van der Waals surface area (Å²) in [5.41, 5.74) is 0.797. The Morgan fingerprint density at radius 1 is 1.28 bits per heavy atom. The lowest BCUT2D eigenvalue weighted by Gasteiger charge is -2.12. The minimum Gasteiger partial charge on any atom is -0.493 e. The van der Waals surface area contributed by atoms with Gasteiger partial charge in [0.15, 0.2) is 16.7 Å². The number of H-pyrrole nitrogens is 1. The molecule has 0 saturated heterocycles. The molecule has 2 aromatic rings. The van der Waals surface area contributed by atoms with Crippen molar-refractivity contribution in [1.82, 2.24) is 15.3 Å². The Morgan fingerprint density at radius 2 is 2.04 bits per heavy atom. The van der Waals surface area contributed by atoms with E-state index in [-0.39, 0.29) is 16.7 Å². The Bertz CT molecular complexity index is 778. The number of amides is 1. The van der Waals surface area contributed by atoms with E-state index in [1.807, 2.05) is 18.2 Å². The zero-order valence-corrected chi connectivity index (χ0v) is 15.2. The van der Waals surface area contributed by atoms with E-state index in [1.165, 1.54) is 24.0 Å². The standard InChI is InChI=1S/C17H21N3O4S/c1-11(25-17-19-9-7-15(21)20-17)16(22)18-8-6-12-4-5-13(23-2)14(10-12)24-3/h4-5,7,9-11H,6,8H2,1-3H3,(H,18,22)(H,19,20,21). The van der Waals surface area contributed by atoms with Crippen LogP contribution in [0.1, 0.15) is 12.5 Å². The van der Waals surface area contributed by atoms with E-state index < -0.39 is 0 Å². The minimum atomic E-state index is -0.365. The summed E-state index contributed by atoms with van der Waals surface area (Å²) in [6, 6.07) is 7.00. The average molecular weight is 363 g/mol. The zero-order valence-electron chi connectivity index (χ0n) is 14.4. The summed E-state index contributed by atoms with van der Waals surface area (Å²) < 4.78 is 10.5. The van der Waals surface area contributed by atoms with Crippen molar-refractivity contribution in [1.29, 1.82) is 0 Å². The summed E-state index contributed by atoms with van der Waals surface area (Å²) in [7, 11) is 3.18. The van der Waals surface area contributed by atoms with Gasteiger partial charge in [-0.3, -0.25) is 9.59 Å². The predicted molar refractivity (Wildman–Crippen MR) is 96.4 cm³/mol. The highest BCUT2D eigenvalue weighted by molar-refractivity contribution is 8.00. The van der Waals surface area contributed by atoms with Crippen molar-refractivity contribution in [3.05, 3.63) is 46.4 Å². The number of rotatable bonds is 8. The van der Waals surface area contributed by atoms with Crippen LogP contribution in [0.15, 0.2) is 40.4 Å². The van der Waals surface area contributed by atoms with Gasteiger partial charge in [0.2, 0.25) is 5.91 Å². The number of thioether (sulfide) groups is 1. The van der Waals surface area contributed by atoms with E-state index >= 15 is 0 Å². The first-order valence-electron chi connectivity index (χ1n) is 7.74. The number of aromatic amines is 1. The molecule has 0 spiro atoms. The Labute approximate surface area is 150 Å². The monoisotopic (exact) mass is 363 g/mol. The van der Waals surface area contributed by atoms with Gasteiger partial charge in [-0.1, -0.05) is 17.8 Å². The van der Waals surface area contributed by atoms with Crippen molar-refractivity contribution in [3.63, 3.8) is 0 Å². The number of hydrogen-bond donors (Lipinski definition) is 2. The first-order chi connectivity index (χ1) is 12.0. The number of nitrogens with zero attached hydrogens (tertiary/aromatic N) is 1. The van der Waals surface area contributed by atoms with Gasteiger partial charge in [0.05, 0.1) is 19.5 Å². The minimum absolute atomic E-state index is 0.114. The Kier molecular flexibility index (Phi) is 6.88. The molecule has 0 aliphatic rings. The van der Waals surface area contributed by atoms with Gasteiger partial charge in [-0.25, -0.2) is 4.98 Å². The first-order valence-corrected chi connectivity index (χ1v) is 8.62. The van der Waals surface area contributed by atoms with E-state index in [2.05, 4.69) is 15.3 Å². The molecule has 2 N–H and O–H groups in total. The largest absolute Gasteiger partial charge is 0.493 e. The number of ether oxygens (including phenoxy) is 2. The maximum Gasteiger partial charge on any atom is 0.251 e. The van der Waals surface area contributed by atoms with E-state index in [1.54, 1.807) is 21.1 Å². The summed E-state index contributed by atoms with van der Waals surface area (Å²) in [6.07, 6.45) is 2.09. The molecule has 1 atom stereocenters. The van der Waals surface area contributed by atoms with Crippen molar-refractivity contribution >= 4 is 17.7 Å². The van der Waals surface area contributed by atoms with Gasteiger partial charge in [-0.15, -0.1) is 0 Å². The summed E-state index contributed by atoms with van der Waals surface area (Å²) in [5, 5.41) is 2.94. The average Bonchev–Trinajstić information content (AvgIpc) is 2.61. The highest BCUT2D eigenvalue weighted by Gasteiger charge is 2.15. The van der Waals surface area contributed by atoms with E-state index in [9.17, 15) is 9.59 Å². The van der Waals surface area contributed by atoms with Gasteiger partial charge < -0.3 is 19.8 Å². The SMILES string of the molecule is COc1ccc(CCNC(=O)C(C)Sc2nccc(=O)[nH]2)cc1OC.